The molecule has 0 unspecified atom stereocenters. The summed E-state index contributed by atoms with van der Waals surface area (Å²) in [7, 11) is 0. The van der Waals surface area contributed by atoms with Crippen molar-refractivity contribution < 1.29 is 5.11 Å². The van der Waals surface area contributed by atoms with Crippen molar-refractivity contribution in [3.05, 3.63) is 29.3 Å². The maximum absolute atomic E-state index is 9.54. The topological polar surface area (TPSA) is 20.2 Å². The first-order valence-corrected chi connectivity index (χ1v) is 4.42. The standard InChI is InChI=1S/C12H14O/c1-3-4-5-8-11-10(2)7-6-9-12(11)13/h6-7,9,13H,5,8H2,1-2H3. The molecule has 1 nitrogen and oxygen atoms in total. The Bertz CT molecular complexity index is 322. The van der Waals surface area contributed by atoms with E-state index < -0.39 is 0 Å². The molecule has 1 aromatic rings. The molecule has 0 saturated heterocycles. The average Bonchev–Trinajstić information content (AvgIpc) is 2.10. The van der Waals surface area contributed by atoms with Crippen LogP contribution < -0.4 is 0 Å². The lowest BCUT2D eigenvalue weighted by Crippen LogP contribution is -1.89. The third-order valence-electron chi connectivity index (χ3n) is 2.06. The Kier molecular flexibility index (Phi) is 3.40. The Morgan fingerprint density at radius 3 is 2.77 bits per heavy atom. The van der Waals surface area contributed by atoms with Gasteiger partial charge in [-0.2, -0.15) is 0 Å². The van der Waals surface area contributed by atoms with Gasteiger partial charge in [0.1, 0.15) is 5.75 Å². The summed E-state index contributed by atoms with van der Waals surface area (Å²) in [5, 5.41) is 9.54. The Hall–Kier alpha value is -1.42. The van der Waals surface area contributed by atoms with Crippen LogP contribution in [-0.2, 0) is 6.42 Å². The number of phenolic OH excluding ortho intramolecular Hbond substituents is 1. The molecule has 13 heavy (non-hydrogen) atoms. The van der Waals surface area contributed by atoms with Gasteiger partial charge in [-0.15, -0.1) is 11.8 Å². The van der Waals surface area contributed by atoms with Crippen LogP contribution in [-0.4, -0.2) is 5.11 Å². The second-order valence-electron chi connectivity index (χ2n) is 3.00. The van der Waals surface area contributed by atoms with Crippen molar-refractivity contribution >= 4 is 0 Å². The van der Waals surface area contributed by atoms with Gasteiger partial charge in [0.05, 0.1) is 0 Å². The normalized spacial score (nSPS) is 9.08. The smallest absolute Gasteiger partial charge is 0.119 e. The van der Waals surface area contributed by atoms with Crippen LogP contribution in [0.1, 0.15) is 24.5 Å². The zero-order valence-electron chi connectivity index (χ0n) is 8.09. The highest BCUT2D eigenvalue weighted by Crippen LogP contribution is 2.21. The molecule has 1 aromatic carbocycles. The molecule has 0 spiro atoms. The molecule has 1 rings (SSSR count). The number of hydrogen-bond acceptors (Lipinski definition) is 1. The van der Waals surface area contributed by atoms with Gasteiger partial charge in [0.25, 0.3) is 0 Å². The van der Waals surface area contributed by atoms with Crippen LogP contribution in [0.5, 0.6) is 5.75 Å². The second kappa shape index (κ2) is 4.57. The molecule has 0 aromatic heterocycles. The van der Waals surface area contributed by atoms with Gasteiger partial charge >= 0.3 is 0 Å². The van der Waals surface area contributed by atoms with E-state index in [4.69, 9.17) is 0 Å². The van der Waals surface area contributed by atoms with Gasteiger partial charge < -0.3 is 5.11 Å². The first-order chi connectivity index (χ1) is 6.25. The fraction of sp³-hybridized carbons (Fsp3) is 0.333. The van der Waals surface area contributed by atoms with Crippen molar-refractivity contribution in [2.24, 2.45) is 0 Å². The van der Waals surface area contributed by atoms with Crippen LogP contribution in [0, 0.1) is 18.8 Å². The minimum Gasteiger partial charge on any atom is -0.508 e. The Balaban J connectivity index is 2.79. The molecule has 0 aliphatic carbocycles. The lowest BCUT2D eigenvalue weighted by atomic mass is 10.0. The largest absolute Gasteiger partial charge is 0.508 e. The van der Waals surface area contributed by atoms with Crippen LogP contribution in [0.15, 0.2) is 18.2 Å². The molecular formula is C12H14O. The van der Waals surface area contributed by atoms with E-state index in [9.17, 15) is 5.11 Å². The van der Waals surface area contributed by atoms with Crippen LogP contribution >= 0.6 is 0 Å². The van der Waals surface area contributed by atoms with Gasteiger partial charge in [0.15, 0.2) is 0 Å². The lowest BCUT2D eigenvalue weighted by molar-refractivity contribution is 0.467. The number of aryl methyl sites for hydroxylation is 1. The van der Waals surface area contributed by atoms with Crippen molar-refractivity contribution in [1.29, 1.82) is 0 Å². The molecule has 0 bridgehead atoms. The van der Waals surface area contributed by atoms with E-state index in [2.05, 4.69) is 11.8 Å². The summed E-state index contributed by atoms with van der Waals surface area (Å²) >= 11 is 0. The molecule has 0 heterocycles. The van der Waals surface area contributed by atoms with E-state index in [1.54, 1.807) is 6.07 Å². The van der Waals surface area contributed by atoms with E-state index in [0.29, 0.717) is 5.75 Å². The summed E-state index contributed by atoms with van der Waals surface area (Å²) < 4.78 is 0. The molecular weight excluding hydrogens is 160 g/mol. The molecule has 0 aliphatic heterocycles. The molecule has 68 valence electrons. The maximum atomic E-state index is 9.54. The molecule has 0 saturated carbocycles. The summed E-state index contributed by atoms with van der Waals surface area (Å²) in [6.45, 7) is 3.84. The first-order valence-electron chi connectivity index (χ1n) is 4.42. The fourth-order valence-corrected chi connectivity index (χ4v) is 1.32. The highest BCUT2D eigenvalue weighted by Gasteiger charge is 2.02. The SMILES string of the molecule is CC#CCCc1c(C)cccc1O. The predicted molar refractivity (Wildman–Crippen MR) is 54.6 cm³/mol. The van der Waals surface area contributed by atoms with Crippen LogP contribution in [0.3, 0.4) is 0 Å². The van der Waals surface area contributed by atoms with Gasteiger partial charge in [-0.05, 0) is 37.5 Å². The minimum absolute atomic E-state index is 0.387. The number of phenols is 1. The molecule has 0 fully saturated rings. The van der Waals surface area contributed by atoms with Crippen molar-refractivity contribution in [3.63, 3.8) is 0 Å². The number of rotatable bonds is 2. The third kappa shape index (κ3) is 2.52. The van der Waals surface area contributed by atoms with Gasteiger partial charge in [0, 0.05) is 6.42 Å². The molecule has 0 atom stereocenters. The molecule has 0 aliphatic rings. The molecule has 1 heteroatoms. The van der Waals surface area contributed by atoms with Crippen LogP contribution in [0.25, 0.3) is 0 Å². The number of hydrogen-bond donors (Lipinski definition) is 1. The highest BCUT2D eigenvalue weighted by atomic mass is 16.3. The Labute approximate surface area is 79.4 Å². The molecule has 0 radical (unpaired) electrons. The second-order valence-corrected chi connectivity index (χ2v) is 3.00. The zero-order valence-corrected chi connectivity index (χ0v) is 8.09. The summed E-state index contributed by atoms with van der Waals surface area (Å²) in [6.07, 6.45) is 1.65. The van der Waals surface area contributed by atoms with Crippen LogP contribution in [0.2, 0.25) is 0 Å². The van der Waals surface area contributed by atoms with Gasteiger partial charge in [-0.1, -0.05) is 12.1 Å². The van der Waals surface area contributed by atoms with Crippen molar-refractivity contribution in [3.8, 4) is 17.6 Å². The number of aromatic hydroxyl groups is 1. The van der Waals surface area contributed by atoms with Crippen molar-refractivity contribution in [1.82, 2.24) is 0 Å². The van der Waals surface area contributed by atoms with E-state index in [-0.39, 0.29) is 0 Å². The summed E-state index contributed by atoms with van der Waals surface area (Å²) in [4.78, 5) is 0. The zero-order chi connectivity index (χ0) is 9.68. The van der Waals surface area contributed by atoms with E-state index in [1.807, 2.05) is 26.0 Å². The summed E-state index contributed by atoms with van der Waals surface area (Å²) in [6, 6.07) is 5.59. The lowest BCUT2D eigenvalue weighted by Gasteiger charge is -2.05. The van der Waals surface area contributed by atoms with Crippen LogP contribution in [0.4, 0.5) is 0 Å². The van der Waals surface area contributed by atoms with Crippen molar-refractivity contribution in [2.45, 2.75) is 26.7 Å². The quantitative estimate of drug-likeness (QED) is 0.683. The Morgan fingerprint density at radius 1 is 1.38 bits per heavy atom. The first kappa shape index (κ1) is 9.67. The summed E-state index contributed by atoms with van der Waals surface area (Å²) in [5.74, 6) is 6.22. The maximum Gasteiger partial charge on any atom is 0.119 e. The molecule has 1 N–H and O–H groups in total. The third-order valence-corrected chi connectivity index (χ3v) is 2.06. The number of benzene rings is 1. The monoisotopic (exact) mass is 174 g/mol. The predicted octanol–water partition coefficient (Wildman–Crippen LogP) is 2.66. The van der Waals surface area contributed by atoms with E-state index in [0.717, 1.165) is 24.0 Å². The molecule has 0 amide bonds. The van der Waals surface area contributed by atoms with Gasteiger partial charge in [0.2, 0.25) is 0 Å². The highest BCUT2D eigenvalue weighted by molar-refractivity contribution is 5.38. The summed E-state index contributed by atoms with van der Waals surface area (Å²) in [5.41, 5.74) is 2.16. The van der Waals surface area contributed by atoms with Crippen molar-refractivity contribution in [2.75, 3.05) is 0 Å². The average molecular weight is 174 g/mol. The minimum atomic E-state index is 0.387. The fourth-order valence-electron chi connectivity index (χ4n) is 1.32. The van der Waals surface area contributed by atoms with E-state index in [1.165, 1.54) is 0 Å². The van der Waals surface area contributed by atoms with Gasteiger partial charge in [-0.25, -0.2) is 0 Å². The van der Waals surface area contributed by atoms with E-state index >= 15 is 0 Å². The Morgan fingerprint density at radius 2 is 2.15 bits per heavy atom. The van der Waals surface area contributed by atoms with Gasteiger partial charge in [-0.3, -0.25) is 0 Å².